The van der Waals surface area contributed by atoms with Gasteiger partial charge < -0.3 is 23.9 Å². The Morgan fingerprint density at radius 3 is 2.44 bits per heavy atom. The molecule has 4 heterocycles. The third-order valence-corrected chi connectivity index (χ3v) is 14.5. The monoisotopic (exact) mass is 679 g/mol. The number of aromatic nitrogens is 4. The van der Waals surface area contributed by atoms with Crippen LogP contribution in [-0.4, -0.2) is 95.5 Å². The van der Waals surface area contributed by atoms with E-state index in [2.05, 4.69) is 48.7 Å². The number of nitrogens with zero attached hydrogens (tertiary/aromatic N) is 7. The molecule has 11 nitrogen and oxygen atoms in total. The highest BCUT2D eigenvalue weighted by atomic mass is 28.4. The molecule has 14 heteroatoms. The van der Waals surface area contributed by atoms with Crippen molar-refractivity contribution in [2.75, 3.05) is 44.2 Å². The van der Waals surface area contributed by atoms with Gasteiger partial charge in [0.25, 0.3) is 5.56 Å². The van der Waals surface area contributed by atoms with E-state index in [1.807, 2.05) is 21.9 Å². The molecule has 0 aliphatic carbocycles. The molecule has 4 aromatic rings. The van der Waals surface area contributed by atoms with Crippen molar-refractivity contribution in [2.24, 2.45) is 7.05 Å². The third kappa shape index (κ3) is 6.55. The zero-order chi connectivity index (χ0) is 34.4. The predicted octanol–water partition coefficient (Wildman–Crippen LogP) is 5.39. The van der Waals surface area contributed by atoms with Gasteiger partial charge in [-0.3, -0.25) is 14.2 Å². The number of carbonyl (C=O) groups is 1. The average Bonchev–Trinajstić information content (AvgIpc) is 3.48. The van der Waals surface area contributed by atoms with Crippen LogP contribution >= 0.6 is 0 Å². The Bertz CT molecular complexity index is 1850. The molecule has 2 fully saturated rings. The molecule has 1 atom stereocenters. The number of amides is 2. The SMILES string of the molecule is Cn1c(=O)c2ccc(-c3cnc(N4CCN5C(=O)N(CCO[Si](C)(C)C(C)(C)C)CC5C4)nc3)cc2n1Cc1ccccc1OC(F)F. The summed E-state index contributed by atoms with van der Waals surface area (Å²) in [4.78, 5) is 41.5. The van der Waals surface area contributed by atoms with E-state index in [0.29, 0.717) is 61.7 Å². The smallest absolute Gasteiger partial charge is 0.387 e. The fraction of sp³-hybridized carbons (Fsp3) is 0.471. The molecule has 6 rings (SSSR count). The van der Waals surface area contributed by atoms with Crippen LogP contribution in [0.5, 0.6) is 5.75 Å². The normalized spacial score (nSPS) is 17.1. The summed E-state index contributed by atoms with van der Waals surface area (Å²) in [5, 5.41) is 0.630. The number of urea groups is 1. The second-order valence-electron chi connectivity index (χ2n) is 14.0. The Hall–Kier alpha value is -4.30. The van der Waals surface area contributed by atoms with E-state index in [-0.39, 0.29) is 35.0 Å². The summed E-state index contributed by atoms with van der Waals surface area (Å²) < 4.78 is 40.3. The minimum Gasteiger partial charge on any atom is -0.434 e. The zero-order valence-corrected chi connectivity index (χ0v) is 29.3. The van der Waals surface area contributed by atoms with Crippen molar-refractivity contribution in [3.8, 4) is 16.9 Å². The van der Waals surface area contributed by atoms with Crippen molar-refractivity contribution in [3.05, 3.63) is 70.8 Å². The van der Waals surface area contributed by atoms with Crippen LogP contribution in [-0.2, 0) is 18.0 Å². The summed E-state index contributed by atoms with van der Waals surface area (Å²) >= 11 is 0. The Morgan fingerprint density at radius 1 is 1.00 bits per heavy atom. The Labute approximate surface area is 279 Å². The highest BCUT2D eigenvalue weighted by molar-refractivity contribution is 6.74. The van der Waals surface area contributed by atoms with E-state index in [1.165, 1.54) is 10.7 Å². The van der Waals surface area contributed by atoms with Crippen molar-refractivity contribution in [1.82, 2.24) is 29.1 Å². The van der Waals surface area contributed by atoms with Crippen molar-refractivity contribution in [2.45, 2.75) is 58.1 Å². The lowest BCUT2D eigenvalue weighted by molar-refractivity contribution is -0.0505. The van der Waals surface area contributed by atoms with Gasteiger partial charge in [-0.15, -0.1) is 0 Å². The predicted molar refractivity (Wildman–Crippen MR) is 183 cm³/mol. The Balaban J connectivity index is 1.15. The summed E-state index contributed by atoms with van der Waals surface area (Å²) in [7, 11) is -0.234. The lowest BCUT2D eigenvalue weighted by Crippen LogP contribution is -2.52. The fourth-order valence-corrected chi connectivity index (χ4v) is 7.19. The van der Waals surface area contributed by atoms with Crippen LogP contribution in [0.25, 0.3) is 22.0 Å². The van der Waals surface area contributed by atoms with E-state index in [9.17, 15) is 18.4 Å². The van der Waals surface area contributed by atoms with Crippen LogP contribution in [0, 0.1) is 0 Å². The van der Waals surface area contributed by atoms with Crippen LogP contribution in [0.2, 0.25) is 18.1 Å². The number of rotatable bonds is 10. The number of ether oxygens (including phenoxy) is 1. The van der Waals surface area contributed by atoms with Crippen molar-refractivity contribution in [1.29, 1.82) is 0 Å². The molecule has 0 radical (unpaired) electrons. The lowest BCUT2D eigenvalue weighted by atomic mass is 10.1. The number of carbonyl (C=O) groups excluding carboxylic acids is 1. The van der Waals surface area contributed by atoms with Gasteiger partial charge in [0, 0.05) is 63.3 Å². The van der Waals surface area contributed by atoms with E-state index in [1.54, 1.807) is 48.4 Å². The van der Waals surface area contributed by atoms with E-state index in [4.69, 9.17) is 9.16 Å². The second-order valence-corrected chi connectivity index (χ2v) is 18.8. The number of halogens is 2. The molecule has 2 aromatic heterocycles. The van der Waals surface area contributed by atoms with E-state index in [0.717, 1.165) is 11.1 Å². The van der Waals surface area contributed by atoms with Gasteiger partial charge in [0.05, 0.1) is 30.1 Å². The highest BCUT2D eigenvalue weighted by Gasteiger charge is 2.42. The topological polar surface area (TPSA) is 98.0 Å². The van der Waals surface area contributed by atoms with Crippen LogP contribution in [0.1, 0.15) is 26.3 Å². The summed E-state index contributed by atoms with van der Waals surface area (Å²) in [6.07, 6.45) is 3.52. The number of alkyl halides is 2. The third-order valence-electron chi connectivity index (χ3n) is 9.99. The molecule has 48 heavy (non-hydrogen) atoms. The number of hydrogen-bond donors (Lipinski definition) is 0. The molecule has 2 aliphatic heterocycles. The maximum Gasteiger partial charge on any atom is 0.387 e. The molecule has 2 saturated heterocycles. The number of hydrogen-bond acceptors (Lipinski definition) is 7. The van der Waals surface area contributed by atoms with Gasteiger partial charge in [-0.1, -0.05) is 45.0 Å². The first-order chi connectivity index (χ1) is 22.7. The Morgan fingerprint density at radius 2 is 1.73 bits per heavy atom. The average molecular weight is 680 g/mol. The summed E-state index contributed by atoms with van der Waals surface area (Å²) in [5.41, 5.74) is 2.56. The largest absolute Gasteiger partial charge is 0.434 e. The van der Waals surface area contributed by atoms with Gasteiger partial charge in [-0.25, -0.2) is 14.8 Å². The van der Waals surface area contributed by atoms with Crippen LogP contribution in [0.15, 0.2) is 59.7 Å². The van der Waals surface area contributed by atoms with Crippen LogP contribution in [0.4, 0.5) is 19.5 Å². The minimum absolute atomic E-state index is 0.0517. The van der Waals surface area contributed by atoms with Gasteiger partial charge in [0.15, 0.2) is 8.32 Å². The van der Waals surface area contributed by atoms with Gasteiger partial charge in [0.2, 0.25) is 5.95 Å². The Kier molecular flexibility index (Phi) is 9.07. The van der Waals surface area contributed by atoms with Crippen LogP contribution < -0.4 is 15.2 Å². The van der Waals surface area contributed by atoms with Crippen LogP contribution in [0.3, 0.4) is 0 Å². The fourth-order valence-electron chi connectivity index (χ4n) is 6.16. The summed E-state index contributed by atoms with van der Waals surface area (Å²) in [5.74, 6) is 0.659. The van der Waals surface area contributed by atoms with Crippen molar-refractivity contribution >= 4 is 31.2 Å². The summed E-state index contributed by atoms with van der Waals surface area (Å²) in [6.45, 7) is 11.9. The first kappa shape index (κ1) is 33.6. The molecule has 0 saturated carbocycles. The second kappa shape index (κ2) is 13.0. The maximum atomic E-state index is 13.1. The molecule has 2 amide bonds. The van der Waals surface area contributed by atoms with Gasteiger partial charge >= 0.3 is 12.6 Å². The number of anilines is 1. The molecular formula is C34H43F2N7O4Si. The van der Waals surface area contributed by atoms with Crippen molar-refractivity contribution < 1.29 is 22.7 Å². The number of piperazine rings is 1. The molecule has 2 aliphatic rings. The van der Waals surface area contributed by atoms with Gasteiger partial charge in [-0.05, 0) is 41.9 Å². The van der Waals surface area contributed by atoms with Crippen molar-refractivity contribution in [3.63, 3.8) is 0 Å². The number of benzene rings is 2. The molecule has 0 bridgehead atoms. The molecule has 256 valence electrons. The maximum absolute atomic E-state index is 13.1. The standard InChI is InChI=1S/C34H43F2N7O4Si/c1-34(2,3)48(5,6)46-16-15-41-22-26-21-40(13-14-42(26)33(41)45)32-37-18-25(19-38-32)23-11-12-27-28(17-23)43(39(4)30(27)44)20-24-9-7-8-10-29(24)47-31(35)36/h7-12,17-19,26,31H,13-16,20-22H2,1-6H3. The molecule has 0 spiro atoms. The zero-order valence-electron chi connectivity index (χ0n) is 28.3. The first-order valence-electron chi connectivity index (χ1n) is 16.2. The lowest BCUT2D eigenvalue weighted by Gasteiger charge is -2.36. The molecular weight excluding hydrogens is 637 g/mol. The number of para-hydroxylation sites is 1. The summed E-state index contributed by atoms with van der Waals surface area (Å²) in [6, 6.07) is 12.2. The minimum atomic E-state index is -2.96. The first-order valence-corrected chi connectivity index (χ1v) is 19.1. The molecule has 2 aromatic carbocycles. The molecule has 1 unspecified atom stereocenters. The van der Waals surface area contributed by atoms with Gasteiger partial charge in [0.1, 0.15) is 5.75 Å². The quantitative estimate of drug-likeness (QED) is 0.207. The molecule has 0 N–H and O–H groups in total. The van der Waals surface area contributed by atoms with E-state index < -0.39 is 14.9 Å². The number of fused-ring (bicyclic) bond motifs is 2. The van der Waals surface area contributed by atoms with E-state index >= 15 is 0 Å². The highest BCUT2D eigenvalue weighted by Crippen LogP contribution is 2.36. The van der Waals surface area contributed by atoms with Gasteiger partial charge in [-0.2, -0.15) is 8.78 Å².